The number of hydrogen-bond donors (Lipinski definition) is 0. The van der Waals surface area contributed by atoms with E-state index >= 15 is 0 Å². The lowest BCUT2D eigenvalue weighted by Crippen LogP contribution is -2.40. The van der Waals surface area contributed by atoms with Crippen LogP contribution in [0, 0.1) is 12.8 Å². The van der Waals surface area contributed by atoms with Crippen LogP contribution in [-0.2, 0) is 20.9 Å². The molecule has 2 aromatic heterocycles. The summed E-state index contributed by atoms with van der Waals surface area (Å²) >= 11 is 0. The van der Waals surface area contributed by atoms with E-state index in [9.17, 15) is 9.59 Å². The Kier molecular flexibility index (Phi) is 5.82. The number of aromatic nitrogens is 4. The largest absolute Gasteiger partial charge is 0.466 e. The second-order valence-electron chi connectivity index (χ2n) is 7.38. The summed E-state index contributed by atoms with van der Waals surface area (Å²) in [6.45, 7) is 10.1. The van der Waals surface area contributed by atoms with Crippen molar-refractivity contribution in [1.29, 1.82) is 0 Å². The molecular weight excluding hydrogens is 346 g/mol. The van der Waals surface area contributed by atoms with E-state index in [1.807, 2.05) is 34.3 Å². The average molecular weight is 375 g/mol. The Labute approximate surface area is 159 Å². The van der Waals surface area contributed by atoms with Crippen molar-refractivity contribution in [3.8, 4) is 0 Å². The predicted molar refractivity (Wildman–Crippen MR) is 101 cm³/mol. The maximum absolute atomic E-state index is 12.6. The molecule has 148 valence electrons. The van der Waals surface area contributed by atoms with Gasteiger partial charge in [-0.15, -0.1) is 0 Å². The number of aryl methyl sites for hydroxylation is 2. The van der Waals surface area contributed by atoms with Gasteiger partial charge in [0.25, 0.3) is 0 Å². The minimum Gasteiger partial charge on any atom is -0.466 e. The van der Waals surface area contributed by atoms with Gasteiger partial charge in [-0.25, -0.2) is 0 Å². The standard InChI is InChI=1S/C19H29N5O3/c1-5-27-19(26)15-6-9-22(10-7-15)17(25)8-11-23-18-14(4)21-24(13(2)3)16(18)12-20-23/h12-13,15H,5-11H2,1-4H3. The van der Waals surface area contributed by atoms with Crippen molar-refractivity contribution >= 4 is 22.9 Å². The Bertz CT molecular complexity index is 815. The van der Waals surface area contributed by atoms with Crippen LogP contribution in [0.3, 0.4) is 0 Å². The molecule has 0 atom stereocenters. The van der Waals surface area contributed by atoms with E-state index in [1.165, 1.54) is 0 Å². The van der Waals surface area contributed by atoms with E-state index in [0.717, 1.165) is 16.7 Å². The molecule has 2 aromatic rings. The van der Waals surface area contributed by atoms with Crippen LogP contribution in [0.1, 0.15) is 51.8 Å². The molecule has 1 saturated heterocycles. The zero-order chi connectivity index (χ0) is 19.6. The number of likely N-dealkylation sites (tertiary alicyclic amines) is 1. The van der Waals surface area contributed by atoms with E-state index in [1.54, 1.807) is 0 Å². The Morgan fingerprint density at radius 2 is 2.00 bits per heavy atom. The molecule has 0 aromatic carbocycles. The number of piperidine rings is 1. The molecule has 0 unspecified atom stereocenters. The van der Waals surface area contributed by atoms with Gasteiger partial charge in [0.2, 0.25) is 5.91 Å². The summed E-state index contributed by atoms with van der Waals surface area (Å²) in [6, 6.07) is 0.265. The molecule has 0 saturated carbocycles. The van der Waals surface area contributed by atoms with Crippen LogP contribution in [0.15, 0.2) is 6.20 Å². The van der Waals surface area contributed by atoms with Gasteiger partial charge in [0.1, 0.15) is 11.0 Å². The molecule has 0 radical (unpaired) electrons. The number of carbonyl (C=O) groups excluding carboxylic acids is 2. The monoisotopic (exact) mass is 375 g/mol. The third-order valence-corrected chi connectivity index (χ3v) is 5.16. The molecule has 1 amide bonds. The zero-order valence-corrected chi connectivity index (χ0v) is 16.6. The van der Waals surface area contributed by atoms with E-state index in [0.29, 0.717) is 45.5 Å². The van der Waals surface area contributed by atoms with Gasteiger partial charge in [-0.3, -0.25) is 19.0 Å². The van der Waals surface area contributed by atoms with Gasteiger partial charge in [-0.05, 0) is 40.5 Å². The van der Waals surface area contributed by atoms with E-state index < -0.39 is 0 Å². The lowest BCUT2D eigenvalue weighted by atomic mass is 9.97. The van der Waals surface area contributed by atoms with Crippen LogP contribution in [0.25, 0.3) is 11.0 Å². The number of hydrogen-bond acceptors (Lipinski definition) is 5. The van der Waals surface area contributed by atoms with Crippen LogP contribution in [0.5, 0.6) is 0 Å². The predicted octanol–water partition coefficient (Wildman–Crippen LogP) is 2.31. The normalized spacial score (nSPS) is 15.7. The van der Waals surface area contributed by atoms with Crippen molar-refractivity contribution in [2.45, 2.75) is 59.5 Å². The van der Waals surface area contributed by atoms with Crippen LogP contribution < -0.4 is 0 Å². The van der Waals surface area contributed by atoms with Crippen LogP contribution in [0.2, 0.25) is 0 Å². The van der Waals surface area contributed by atoms with E-state index in [4.69, 9.17) is 4.74 Å². The fourth-order valence-electron chi connectivity index (χ4n) is 3.73. The van der Waals surface area contributed by atoms with E-state index in [-0.39, 0.29) is 23.8 Å². The lowest BCUT2D eigenvalue weighted by molar-refractivity contribution is -0.151. The van der Waals surface area contributed by atoms with Gasteiger partial charge in [-0.2, -0.15) is 10.2 Å². The Balaban J connectivity index is 1.57. The molecule has 8 heteroatoms. The number of amides is 1. The highest BCUT2D eigenvalue weighted by atomic mass is 16.5. The van der Waals surface area contributed by atoms with Gasteiger partial charge in [0.05, 0.1) is 31.0 Å². The highest BCUT2D eigenvalue weighted by Gasteiger charge is 2.28. The first-order chi connectivity index (χ1) is 12.9. The van der Waals surface area contributed by atoms with Gasteiger partial charge in [0, 0.05) is 25.6 Å². The molecule has 27 heavy (non-hydrogen) atoms. The third-order valence-electron chi connectivity index (χ3n) is 5.16. The summed E-state index contributed by atoms with van der Waals surface area (Å²) in [4.78, 5) is 26.2. The fourth-order valence-corrected chi connectivity index (χ4v) is 3.73. The first kappa shape index (κ1) is 19.4. The Morgan fingerprint density at radius 1 is 1.30 bits per heavy atom. The van der Waals surface area contributed by atoms with E-state index in [2.05, 4.69) is 24.0 Å². The molecular formula is C19H29N5O3. The van der Waals surface area contributed by atoms with Crippen LogP contribution >= 0.6 is 0 Å². The van der Waals surface area contributed by atoms with Crippen LogP contribution in [0.4, 0.5) is 0 Å². The number of nitrogens with zero attached hydrogens (tertiary/aromatic N) is 5. The topological polar surface area (TPSA) is 82.2 Å². The molecule has 1 fully saturated rings. The summed E-state index contributed by atoms with van der Waals surface area (Å²) in [5.41, 5.74) is 2.93. The number of rotatable bonds is 6. The van der Waals surface area contributed by atoms with Crippen molar-refractivity contribution < 1.29 is 14.3 Å². The minimum atomic E-state index is -0.138. The third kappa shape index (κ3) is 3.99. The second kappa shape index (κ2) is 8.10. The Hall–Kier alpha value is -2.38. The van der Waals surface area contributed by atoms with Gasteiger partial charge in [-0.1, -0.05) is 0 Å². The maximum Gasteiger partial charge on any atom is 0.309 e. The van der Waals surface area contributed by atoms with Crippen LogP contribution in [-0.4, -0.2) is 56.0 Å². The van der Waals surface area contributed by atoms with Gasteiger partial charge in [0.15, 0.2) is 0 Å². The fraction of sp³-hybridized carbons (Fsp3) is 0.684. The maximum atomic E-state index is 12.6. The zero-order valence-electron chi connectivity index (χ0n) is 16.6. The second-order valence-corrected chi connectivity index (χ2v) is 7.38. The number of ether oxygens (including phenoxy) is 1. The molecule has 1 aliphatic heterocycles. The van der Waals surface area contributed by atoms with Crippen molar-refractivity contribution in [2.75, 3.05) is 19.7 Å². The Morgan fingerprint density at radius 3 is 2.63 bits per heavy atom. The highest BCUT2D eigenvalue weighted by molar-refractivity contribution is 5.79. The smallest absolute Gasteiger partial charge is 0.309 e. The first-order valence-electron chi connectivity index (χ1n) is 9.77. The van der Waals surface area contributed by atoms with Gasteiger partial charge >= 0.3 is 5.97 Å². The number of fused-ring (bicyclic) bond motifs is 1. The summed E-state index contributed by atoms with van der Waals surface area (Å²) in [7, 11) is 0. The molecule has 3 heterocycles. The summed E-state index contributed by atoms with van der Waals surface area (Å²) in [5.74, 6) is -0.111. The van der Waals surface area contributed by atoms with Crippen molar-refractivity contribution in [1.82, 2.24) is 24.5 Å². The summed E-state index contributed by atoms with van der Waals surface area (Å²) in [6.07, 6.45) is 3.57. The summed E-state index contributed by atoms with van der Waals surface area (Å²) in [5, 5.41) is 9.04. The molecule has 0 spiro atoms. The SMILES string of the molecule is CCOC(=O)C1CCN(C(=O)CCn2ncc3c2c(C)nn3C(C)C)CC1. The number of carbonyl (C=O) groups is 2. The quantitative estimate of drug-likeness (QED) is 0.724. The van der Waals surface area contributed by atoms with Crippen molar-refractivity contribution in [3.05, 3.63) is 11.9 Å². The highest BCUT2D eigenvalue weighted by Crippen LogP contribution is 2.22. The molecule has 1 aliphatic rings. The van der Waals surface area contributed by atoms with Crippen molar-refractivity contribution in [2.24, 2.45) is 5.92 Å². The summed E-state index contributed by atoms with van der Waals surface area (Å²) < 4.78 is 8.93. The average Bonchev–Trinajstić information content (AvgIpc) is 3.21. The lowest BCUT2D eigenvalue weighted by Gasteiger charge is -2.31. The number of esters is 1. The van der Waals surface area contributed by atoms with Gasteiger partial charge < -0.3 is 9.64 Å². The molecule has 0 aliphatic carbocycles. The molecule has 8 nitrogen and oxygen atoms in total. The van der Waals surface area contributed by atoms with Crippen molar-refractivity contribution in [3.63, 3.8) is 0 Å². The molecule has 0 N–H and O–H groups in total. The first-order valence-corrected chi connectivity index (χ1v) is 9.77. The minimum absolute atomic E-state index is 0.0794. The molecule has 0 bridgehead atoms. The molecule has 3 rings (SSSR count).